The van der Waals surface area contributed by atoms with E-state index in [-0.39, 0.29) is 0 Å². The van der Waals surface area contributed by atoms with Gasteiger partial charge in [0.25, 0.3) is 0 Å². The van der Waals surface area contributed by atoms with Gasteiger partial charge < -0.3 is 4.90 Å². The number of aryl methyl sites for hydroxylation is 3. The third kappa shape index (κ3) is 3.33. The van der Waals surface area contributed by atoms with E-state index in [4.69, 9.17) is 0 Å². The van der Waals surface area contributed by atoms with Crippen molar-refractivity contribution < 1.29 is 0 Å². The number of pyridine rings is 1. The molecule has 0 N–H and O–H groups in total. The number of aromatic nitrogens is 5. The molecule has 0 aromatic carbocycles. The largest absolute Gasteiger partial charge is 0.302 e. The van der Waals surface area contributed by atoms with Crippen LogP contribution in [0.2, 0.25) is 0 Å². The fourth-order valence-electron chi connectivity index (χ4n) is 2.74. The zero-order chi connectivity index (χ0) is 15.5. The summed E-state index contributed by atoms with van der Waals surface area (Å²) in [5.74, 6) is 0. The molecule has 0 bridgehead atoms. The summed E-state index contributed by atoms with van der Waals surface area (Å²) in [4.78, 5) is 6.55. The average Bonchev–Trinajstić information content (AvgIpc) is 3.05. The molecule has 0 radical (unpaired) electrons. The van der Waals surface area contributed by atoms with Crippen molar-refractivity contribution in [3.63, 3.8) is 0 Å². The monoisotopic (exact) mass is 298 g/mol. The third-order valence-corrected chi connectivity index (χ3v) is 3.81. The zero-order valence-corrected chi connectivity index (χ0v) is 13.4. The van der Waals surface area contributed by atoms with E-state index in [1.165, 1.54) is 11.3 Å². The predicted octanol–water partition coefficient (Wildman–Crippen LogP) is 2.06. The molecular formula is C16H22N6. The summed E-state index contributed by atoms with van der Waals surface area (Å²) in [7, 11) is 2.15. The Hall–Kier alpha value is -2.21. The molecule has 3 rings (SSSR count). The van der Waals surface area contributed by atoms with Crippen molar-refractivity contribution in [2.45, 2.75) is 33.4 Å². The van der Waals surface area contributed by atoms with Gasteiger partial charge in [0.1, 0.15) is 6.33 Å². The lowest BCUT2D eigenvalue weighted by Crippen LogP contribution is -2.20. The van der Waals surface area contributed by atoms with Gasteiger partial charge in [0.2, 0.25) is 0 Å². The summed E-state index contributed by atoms with van der Waals surface area (Å²) in [5, 5.41) is 8.61. The van der Waals surface area contributed by atoms with E-state index in [1.807, 2.05) is 13.1 Å². The van der Waals surface area contributed by atoms with Crippen LogP contribution in [0, 0.1) is 13.8 Å². The molecule has 0 unspecified atom stereocenters. The number of nitrogens with zero attached hydrogens (tertiary/aromatic N) is 6. The van der Waals surface area contributed by atoms with Crippen molar-refractivity contribution in [1.82, 2.24) is 29.3 Å². The maximum absolute atomic E-state index is 4.50. The van der Waals surface area contributed by atoms with Crippen LogP contribution in [0.5, 0.6) is 0 Å². The van der Waals surface area contributed by atoms with E-state index in [0.29, 0.717) is 0 Å². The quantitative estimate of drug-likeness (QED) is 0.699. The van der Waals surface area contributed by atoms with Gasteiger partial charge in [0.05, 0.1) is 5.69 Å². The Morgan fingerprint density at radius 2 is 2.09 bits per heavy atom. The van der Waals surface area contributed by atoms with Crippen LogP contribution in [0.4, 0.5) is 0 Å². The van der Waals surface area contributed by atoms with Crippen LogP contribution in [0.3, 0.4) is 0 Å². The van der Waals surface area contributed by atoms with Gasteiger partial charge in [-0.2, -0.15) is 10.2 Å². The molecule has 116 valence electrons. The van der Waals surface area contributed by atoms with Crippen molar-refractivity contribution in [3.05, 3.63) is 47.7 Å². The van der Waals surface area contributed by atoms with Gasteiger partial charge in [-0.05, 0) is 57.6 Å². The second-order valence-corrected chi connectivity index (χ2v) is 5.84. The van der Waals surface area contributed by atoms with Gasteiger partial charge in [-0.15, -0.1) is 0 Å². The molecule has 0 saturated carbocycles. The van der Waals surface area contributed by atoms with Crippen LogP contribution in [-0.4, -0.2) is 42.9 Å². The lowest BCUT2D eigenvalue weighted by molar-refractivity contribution is 0.310. The molecule has 0 atom stereocenters. The highest BCUT2D eigenvalue weighted by atomic mass is 15.3. The van der Waals surface area contributed by atoms with Crippen LogP contribution >= 0.6 is 0 Å². The van der Waals surface area contributed by atoms with Crippen molar-refractivity contribution in [1.29, 1.82) is 0 Å². The number of hydrogen-bond donors (Lipinski definition) is 0. The molecule has 0 saturated heterocycles. The van der Waals surface area contributed by atoms with E-state index in [9.17, 15) is 0 Å². The Balaban J connectivity index is 1.51. The molecule has 0 spiro atoms. The molecule has 3 heterocycles. The van der Waals surface area contributed by atoms with Crippen LogP contribution in [0.15, 0.2) is 30.7 Å². The normalized spacial score (nSPS) is 11.6. The van der Waals surface area contributed by atoms with Gasteiger partial charge in [0.15, 0.2) is 5.65 Å². The minimum atomic E-state index is 0.897. The molecule has 0 aliphatic heterocycles. The number of hydrogen-bond acceptors (Lipinski definition) is 4. The summed E-state index contributed by atoms with van der Waals surface area (Å²) in [6, 6.07) is 6.31. The van der Waals surface area contributed by atoms with Crippen molar-refractivity contribution in [2.75, 3.05) is 13.6 Å². The summed E-state index contributed by atoms with van der Waals surface area (Å²) >= 11 is 0. The second-order valence-electron chi connectivity index (χ2n) is 5.84. The average molecular weight is 298 g/mol. The molecule has 6 heteroatoms. The maximum atomic E-state index is 4.50. The topological polar surface area (TPSA) is 51.2 Å². The van der Waals surface area contributed by atoms with Crippen LogP contribution < -0.4 is 0 Å². The Kier molecular flexibility index (Phi) is 4.20. The fourth-order valence-corrected chi connectivity index (χ4v) is 2.74. The minimum absolute atomic E-state index is 0.897. The van der Waals surface area contributed by atoms with E-state index in [0.717, 1.165) is 37.4 Å². The molecule has 0 aliphatic carbocycles. The summed E-state index contributed by atoms with van der Waals surface area (Å²) in [6.45, 7) is 7.07. The van der Waals surface area contributed by atoms with E-state index < -0.39 is 0 Å². The van der Waals surface area contributed by atoms with Gasteiger partial charge in [0, 0.05) is 25.0 Å². The standard InChI is InChI=1S/C16H22N6/c1-13-9-14(2)21(19-13)7-4-6-20(3)11-15-5-8-22-16(10-15)17-12-18-22/h5,8-10,12H,4,6-7,11H2,1-3H3. The first-order valence-corrected chi connectivity index (χ1v) is 7.60. The second kappa shape index (κ2) is 6.27. The highest BCUT2D eigenvalue weighted by Gasteiger charge is 2.04. The molecule has 6 nitrogen and oxygen atoms in total. The van der Waals surface area contributed by atoms with Gasteiger partial charge in [-0.1, -0.05) is 0 Å². The van der Waals surface area contributed by atoms with Gasteiger partial charge >= 0.3 is 0 Å². The molecule has 22 heavy (non-hydrogen) atoms. The van der Waals surface area contributed by atoms with Crippen molar-refractivity contribution in [2.24, 2.45) is 0 Å². The summed E-state index contributed by atoms with van der Waals surface area (Å²) < 4.78 is 3.87. The van der Waals surface area contributed by atoms with Gasteiger partial charge in [-0.3, -0.25) is 4.68 Å². The van der Waals surface area contributed by atoms with E-state index >= 15 is 0 Å². The van der Waals surface area contributed by atoms with Crippen molar-refractivity contribution in [3.8, 4) is 0 Å². The van der Waals surface area contributed by atoms with Crippen LogP contribution in [0.1, 0.15) is 23.4 Å². The highest BCUT2D eigenvalue weighted by molar-refractivity contribution is 5.39. The maximum Gasteiger partial charge on any atom is 0.155 e. The first-order valence-electron chi connectivity index (χ1n) is 7.60. The lowest BCUT2D eigenvalue weighted by Gasteiger charge is -2.17. The summed E-state index contributed by atoms with van der Waals surface area (Å²) in [5.41, 5.74) is 4.48. The SMILES string of the molecule is Cc1cc(C)n(CCCN(C)Cc2ccn3ncnc3c2)n1. The Morgan fingerprint density at radius 3 is 2.86 bits per heavy atom. The Morgan fingerprint density at radius 1 is 1.23 bits per heavy atom. The Bertz CT molecular complexity index is 757. The van der Waals surface area contributed by atoms with Gasteiger partial charge in [-0.25, -0.2) is 9.50 Å². The highest BCUT2D eigenvalue weighted by Crippen LogP contribution is 2.08. The van der Waals surface area contributed by atoms with Crippen LogP contribution in [-0.2, 0) is 13.1 Å². The fraction of sp³-hybridized carbons (Fsp3) is 0.438. The summed E-state index contributed by atoms with van der Waals surface area (Å²) in [6.07, 6.45) is 4.63. The predicted molar refractivity (Wildman–Crippen MR) is 85.6 cm³/mol. The first-order chi connectivity index (χ1) is 10.6. The number of rotatable bonds is 6. The van der Waals surface area contributed by atoms with Crippen molar-refractivity contribution >= 4 is 5.65 Å². The first kappa shape index (κ1) is 14.7. The molecule has 0 aliphatic rings. The smallest absolute Gasteiger partial charge is 0.155 e. The number of fused-ring (bicyclic) bond motifs is 1. The molecule has 0 fully saturated rings. The van der Waals surface area contributed by atoms with E-state index in [1.54, 1.807) is 10.8 Å². The van der Waals surface area contributed by atoms with Crippen LogP contribution in [0.25, 0.3) is 5.65 Å². The zero-order valence-electron chi connectivity index (χ0n) is 13.4. The third-order valence-electron chi connectivity index (χ3n) is 3.81. The molecule has 3 aromatic rings. The molecule has 0 amide bonds. The lowest BCUT2D eigenvalue weighted by atomic mass is 10.2. The van der Waals surface area contributed by atoms with E-state index in [2.05, 4.69) is 56.9 Å². The Labute approximate surface area is 130 Å². The minimum Gasteiger partial charge on any atom is -0.302 e. The molecular weight excluding hydrogens is 276 g/mol. The molecule has 3 aromatic heterocycles.